The molecular formula is C17H13Cl3N2O2. The molecule has 0 bridgehead atoms. The maximum absolute atomic E-state index is 12.5. The SMILES string of the molecule is O=C(Nc1cccc(Cl)c1)C1(C(=O)Nc2ccc(Cl)c(Cl)c2)CC1. The summed E-state index contributed by atoms with van der Waals surface area (Å²) in [5, 5.41) is 6.71. The molecule has 3 rings (SSSR count). The maximum Gasteiger partial charge on any atom is 0.240 e. The average Bonchev–Trinajstić information content (AvgIpc) is 3.33. The molecule has 1 saturated carbocycles. The van der Waals surface area contributed by atoms with Gasteiger partial charge in [0.2, 0.25) is 11.8 Å². The molecule has 2 aromatic carbocycles. The minimum absolute atomic E-state index is 0.336. The van der Waals surface area contributed by atoms with Gasteiger partial charge in [-0.15, -0.1) is 0 Å². The second kappa shape index (κ2) is 6.63. The second-order valence-electron chi connectivity index (χ2n) is 5.63. The largest absolute Gasteiger partial charge is 0.325 e. The van der Waals surface area contributed by atoms with Gasteiger partial charge in [-0.3, -0.25) is 9.59 Å². The first-order valence-electron chi connectivity index (χ1n) is 7.24. The number of benzene rings is 2. The van der Waals surface area contributed by atoms with Crippen molar-refractivity contribution in [3.63, 3.8) is 0 Å². The molecule has 0 radical (unpaired) electrons. The molecule has 1 fully saturated rings. The van der Waals surface area contributed by atoms with Crippen LogP contribution in [0.3, 0.4) is 0 Å². The number of nitrogens with one attached hydrogen (secondary N) is 2. The first kappa shape index (κ1) is 17.1. The number of hydrogen-bond acceptors (Lipinski definition) is 2. The van der Waals surface area contributed by atoms with E-state index in [-0.39, 0.29) is 11.8 Å². The van der Waals surface area contributed by atoms with Gasteiger partial charge in [-0.1, -0.05) is 40.9 Å². The zero-order valence-corrected chi connectivity index (χ0v) is 14.7. The van der Waals surface area contributed by atoms with Crippen LogP contribution in [0.2, 0.25) is 15.1 Å². The van der Waals surface area contributed by atoms with Crippen LogP contribution in [0.25, 0.3) is 0 Å². The fraction of sp³-hybridized carbons (Fsp3) is 0.176. The summed E-state index contributed by atoms with van der Waals surface area (Å²) in [6.07, 6.45) is 0.985. The van der Waals surface area contributed by atoms with Crippen molar-refractivity contribution in [2.75, 3.05) is 10.6 Å². The summed E-state index contributed by atoms with van der Waals surface area (Å²) in [6.45, 7) is 0. The van der Waals surface area contributed by atoms with E-state index in [1.165, 1.54) is 0 Å². The molecule has 7 heteroatoms. The van der Waals surface area contributed by atoms with Crippen LogP contribution in [0.4, 0.5) is 11.4 Å². The van der Waals surface area contributed by atoms with Gasteiger partial charge in [-0.2, -0.15) is 0 Å². The van der Waals surface area contributed by atoms with Crippen LogP contribution in [-0.2, 0) is 9.59 Å². The number of amides is 2. The Morgan fingerprint density at radius 3 is 2.00 bits per heavy atom. The molecule has 0 spiro atoms. The highest BCUT2D eigenvalue weighted by atomic mass is 35.5. The molecule has 0 aliphatic heterocycles. The second-order valence-corrected chi connectivity index (χ2v) is 6.88. The van der Waals surface area contributed by atoms with Crippen molar-refractivity contribution in [1.82, 2.24) is 0 Å². The third kappa shape index (κ3) is 3.51. The van der Waals surface area contributed by atoms with E-state index in [0.29, 0.717) is 39.3 Å². The van der Waals surface area contributed by atoms with E-state index in [1.54, 1.807) is 42.5 Å². The fourth-order valence-corrected chi connectivity index (χ4v) is 2.81. The topological polar surface area (TPSA) is 58.2 Å². The van der Waals surface area contributed by atoms with Crippen LogP contribution < -0.4 is 10.6 Å². The normalized spacial score (nSPS) is 14.8. The Hall–Kier alpha value is -1.75. The van der Waals surface area contributed by atoms with Gasteiger partial charge in [0.15, 0.2) is 0 Å². The molecule has 0 aromatic heterocycles. The van der Waals surface area contributed by atoms with Crippen LogP contribution in [0.15, 0.2) is 42.5 Å². The van der Waals surface area contributed by atoms with E-state index in [2.05, 4.69) is 10.6 Å². The van der Waals surface area contributed by atoms with Crippen molar-refractivity contribution in [3.05, 3.63) is 57.5 Å². The first-order valence-corrected chi connectivity index (χ1v) is 8.38. The third-order valence-electron chi connectivity index (χ3n) is 3.88. The van der Waals surface area contributed by atoms with Gasteiger partial charge < -0.3 is 10.6 Å². The van der Waals surface area contributed by atoms with E-state index in [4.69, 9.17) is 34.8 Å². The van der Waals surface area contributed by atoms with Gasteiger partial charge >= 0.3 is 0 Å². The number of rotatable bonds is 4. The van der Waals surface area contributed by atoms with E-state index >= 15 is 0 Å². The monoisotopic (exact) mass is 382 g/mol. The van der Waals surface area contributed by atoms with Crippen LogP contribution >= 0.6 is 34.8 Å². The van der Waals surface area contributed by atoms with Gasteiger partial charge in [-0.25, -0.2) is 0 Å². The molecule has 0 atom stereocenters. The summed E-state index contributed by atoms with van der Waals surface area (Å²) in [5.41, 5.74) is -0.00799. The highest BCUT2D eigenvalue weighted by Gasteiger charge is 2.56. The van der Waals surface area contributed by atoms with E-state index in [0.717, 1.165) is 0 Å². The summed E-state index contributed by atoms with van der Waals surface area (Å²) < 4.78 is 0. The number of carbonyl (C=O) groups excluding carboxylic acids is 2. The van der Waals surface area contributed by atoms with Crippen LogP contribution in [-0.4, -0.2) is 11.8 Å². The van der Waals surface area contributed by atoms with E-state index in [9.17, 15) is 9.59 Å². The lowest BCUT2D eigenvalue weighted by molar-refractivity contribution is -0.131. The zero-order chi connectivity index (χ0) is 17.3. The molecule has 2 aromatic rings. The van der Waals surface area contributed by atoms with Crippen LogP contribution in [0.5, 0.6) is 0 Å². The number of halogens is 3. The highest BCUT2D eigenvalue weighted by Crippen LogP contribution is 2.47. The summed E-state index contributed by atoms with van der Waals surface area (Å²) in [7, 11) is 0. The van der Waals surface area contributed by atoms with Crippen LogP contribution in [0.1, 0.15) is 12.8 Å². The standard InChI is InChI=1S/C17H13Cl3N2O2/c18-10-2-1-3-11(8-10)21-15(23)17(6-7-17)16(24)22-12-4-5-13(19)14(20)9-12/h1-5,8-9H,6-7H2,(H,21,23)(H,22,24). The lowest BCUT2D eigenvalue weighted by atomic mass is 10.0. The summed E-state index contributed by atoms with van der Waals surface area (Å²) in [6, 6.07) is 11.6. The lowest BCUT2D eigenvalue weighted by Crippen LogP contribution is -2.35. The molecule has 2 N–H and O–H groups in total. The maximum atomic E-state index is 12.5. The smallest absolute Gasteiger partial charge is 0.240 e. The molecule has 24 heavy (non-hydrogen) atoms. The Bertz CT molecular complexity index is 819. The van der Waals surface area contributed by atoms with Gasteiger partial charge in [0.05, 0.1) is 10.0 Å². The Labute approximate surface area is 154 Å². The summed E-state index contributed by atoms with van der Waals surface area (Å²) >= 11 is 17.7. The predicted octanol–water partition coefficient (Wildman–Crippen LogP) is 5.00. The van der Waals surface area contributed by atoms with Gasteiger partial charge in [0.1, 0.15) is 5.41 Å². The van der Waals surface area contributed by atoms with Crippen LogP contribution in [0, 0.1) is 5.41 Å². The Kier molecular flexibility index (Phi) is 4.72. The molecule has 2 amide bonds. The number of anilines is 2. The average molecular weight is 384 g/mol. The van der Waals surface area contributed by atoms with Crippen molar-refractivity contribution in [2.45, 2.75) is 12.8 Å². The van der Waals surface area contributed by atoms with Crippen molar-refractivity contribution < 1.29 is 9.59 Å². The Morgan fingerprint density at radius 1 is 0.833 bits per heavy atom. The number of hydrogen-bond donors (Lipinski definition) is 2. The third-order valence-corrected chi connectivity index (χ3v) is 4.85. The highest BCUT2D eigenvalue weighted by molar-refractivity contribution is 6.42. The van der Waals surface area contributed by atoms with Crippen molar-refractivity contribution in [3.8, 4) is 0 Å². The Morgan fingerprint density at radius 2 is 1.46 bits per heavy atom. The molecule has 4 nitrogen and oxygen atoms in total. The van der Waals surface area contributed by atoms with Crippen molar-refractivity contribution >= 4 is 58.0 Å². The van der Waals surface area contributed by atoms with E-state index in [1.807, 2.05) is 0 Å². The lowest BCUT2D eigenvalue weighted by Gasteiger charge is -2.16. The zero-order valence-electron chi connectivity index (χ0n) is 12.4. The number of carbonyl (C=O) groups is 2. The molecule has 0 heterocycles. The quantitative estimate of drug-likeness (QED) is 0.730. The summed E-state index contributed by atoms with van der Waals surface area (Å²) in [5.74, 6) is -0.706. The summed E-state index contributed by atoms with van der Waals surface area (Å²) in [4.78, 5) is 25.0. The molecule has 124 valence electrons. The van der Waals surface area contributed by atoms with E-state index < -0.39 is 5.41 Å². The Balaban J connectivity index is 1.71. The minimum atomic E-state index is -1.06. The molecular weight excluding hydrogens is 371 g/mol. The van der Waals surface area contributed by atoms with Crippen molar-refractivity contribution in [2.24, 2.45) is 5.41 Å². The minimum Gasteiger partial charge on any atom is -0.325 e. The predicted molar refractivity (Wildman–Crippen MR) is 96.8 cm³/mol. The molecule has 1 aliphatic rings. The molecule has 0 unspecified atom stereocenters. The van der Waals surface area contributed by atoms with Gasteiger partial charge in [-0.05, 0) is 49.2 Å². The van der Waals surface area contributed by atoms with Gasteiger partial charge in [0.25, 0.3) is 0 Å². The fourth-order valence-electron chi connectivity index (χ4n) is 2.32. The first-order chi connectivity index (χ1) is 11.4. The van der Waals surface area contributed by atoms with Crippen molar-refractivity contribution in [1.29, 1.82) is 0 Å². The molecule has 0 saturated heterocycles. The molecule has 1 aliphatic carbocycles. The van der Waals surface area contributed by atoms with Gasteiger partial charge in [0, 0.05) is 16.4 Å².